The zero-order chi connectivity index (χ0) is 14.2. The second-order valence-electron chi connectivity index (χ2n) is 5.66. The van der Waals surface area contributed by atoms with Gasteiger partial charge in [0.1, 0.15) is 18.0 Å². The maximum atomic E-state index is 5.53. The van der Waals surface area contributed by atoms with Gasteiger partial charge >= 0.3 is 0 Å². The molecule has 20 heavy (non-hydrogen) atoms. The predicted octanol–water partition coefficient (Wildman–Crippen LogP) is 3.10. The van der Waals surface area contributed by atoms with Crippen molar-refractivity contribution in [1.29, 1.82) is 0 Å². The molecule has 1 fully saturated rings. The highest BCUT2D eigenvalue weighted by molar-refractivity contribution is 5.56. The first-order valence-electron chi connectivity index (χ1n) is 7.89. The van der Waals surface area contributed by atoms with Crippen LogP contribution in [-0.4, -0.2) is 16.5 Å². The first kappa shape index (κ1) is 15.0. The summed E-state index contributed by atoms with van der Waals surface area (Å²) >= 11 is 0. The predicted molar refractivity (Wildman–Crippen MR) is 83.5 cm³/mol. The summed E-state index contributed by atoms with van der Waals surface area (Å²) in [6, 6.07) is 0. The quantitative estimate of drug-likeness (QED) is 0.527. The Hall–Kier alpha value is -1.36. The van der Waals surface area contributed by atoms with Crippen LogP contribution in [-0.2, 0) is 6.42 Å². The second-order valence-corrected chi connectivity index (χ2v) is 5.66. The summed E-state index contributed by atoms with van der Waals surface area (Å²) < 4.78 is 0. The van der Waals surface area contributed by atoms with E-state index in [1.165, 1.54) is 38.5 Å². The molecule has 0 aliphatic heterocycles. The number of nitrogens with one attached hydrogen (secondary N) is 2. The number of nitrogens with two attached hydrogens (primary N) is 1. The highest BCUT2D eigenvalue weighted by Crippen LogP contribution is 2.27. The highest BCUT2D eigenvalue weighted by Gasteiger charge is 2.14. The molecular formula is C15H27N5. The van der Waals surface area contributed by atoms with Crippen molar-refractivity contribution in [3.05, 3.63) is 11.9 Å². The van der Waals surface area contributed by atoms with Crippen molar-refractivity contribution in [2.75, 3.05) is 17.3 Å². The zero-order valence-electron chi connectivity index (χ0n) is 12.5. The smallest absolute Gasteiger partial charge is 0.148 e. The Labute approximate surface area is 121 Å². The van der Waals surface area contributed by atoms with Crippen molar-refractivity contribution < 1.29 is 0 Å². The van der Waals surface area contributed by atoms with Crippen LogP contribution in [0.25, 0.3) is 0 Å². The molecule has 0 spiro atoms. The number of rotatable bonds is 7. The molecule has 1 aliphatic carbocycles. The van der Waals surface area contributed by atoms with E-state index in [2.05, 4.69) is 27.6 Å². The summed E-state index contributed by atoms with van der Waals surface area (Å²) in [5, 5.41) is 3.47. The Morgan fingerprint density at radius 3 is 2.65 bits per heavy atom. The summed E-state index contributed by atoms with van der Waals surface area (Å²) in [5.74, 6) is 8.09. The van der Waals surface area contributed by atoms with E-state index in [1.54, 1.807) is 6.33 Å². The van der Waals surface area contributed by atoms with Gasteiger partial charge in [0.15, 0.2) is 0 Å². The van der Waals surface area contributed by atoms with Crippen LogP contribution in [0.2, 0.25) is 0 Å². The Balaban J connectivity index is 1.90. The number of nitrogens with zero attached hydrogens (tertiary/aromatic N) is 2. The Kier molecular flexibility index (Phi) is 6.05. The lowest BCUT2D eigenvalue weighted by Gasteiger charge is -2.22. The fourth-order valence-electron chi connectivity index (χ4n) is 3.05. The maximum Gasteiger partial charge on any atom is 0.148 e. The van der Waals surface area contributed by atoms with E-state index in [0.717, 1.165) is 42.5 Å². The summed E-state index contributed by atoms with van der Waals surface area (Å²) in [4.78, 5) is 8.56. The third-order valence-corrected chi connectivity index (χ3v) is 4.15. The lowest BCUT2D eigenvalue weighted by atomic mass is 9.87. The van der Waals surface area contributed by atoms with Crippen LogP contribution in [0.5, 0.6) is 0 Å². The minimum atomic E-state index is 0.738. The Morgan fingerprint density at radius 1 is 1.20 bits per heavy atom. The molecule has 1 aromatic heterocycles. The van der Waals surface area contributed by atoms with Crippen LogP contribution in [0.4, 0.5) is 11.6 Å². The fourth-order valence-corrected chi connectivity index (χ4v) is 3.05. The standard InChI is InChI=1S/C15H27N5/c1-2-6-13-14(18-11-19-15(13)20-16)17-10-9-12-7-4-3-5-8-12/h11-12H,2-10,16H2,1H3,(H2,17,18,19,20). The molecule has 0 aromatic carbocycles. The Bertz CT molecular complexity index is 401. The highest BCUT2D eigenvalue weighted by atomic mass is 15.3. The molecule has 0 saturated heterocycles. The summed E-state index contributed by atoms with van der Waals surface area (Å²) in [7, 11) is 0. The normalized spacial score (nSPS) is 16.1. The minimum absolute atomic E-state index is 0.738. The SMILES string of the molecule is CCCc1c(NN)ncnc1NCCC1CCCCC1. The minimum Gasteiger partial charge on any atom is -0.370 e. The molecule has 2 rings (SSSR count). The van der Waals surface area contributed by atoms with Gasteiger partial charge < -0.3 is 10.7 Å². The lowest BCUT2D eigenvalue weighted by Crippen LogP contribution is -2.16. The van der Waals surface area contributed by atoms with Crippen molar-refractivity contribution in [2.24, 2.45) is 11.8 Å². The molecule has 1 aromatic rings. The van der Waals surface area contributed by atoms with Crippen LogP contribution in [0, 0.1) is 5.92 Å². The molecule has 0 radical (unpaired) electrons. The van der Waals surface area contributed by atoms with E-state index < -0.39 is 0 Å². The molecule has 1 heterocycles. The van der Waals surface area contributed by atoms with E-state index in [0.29, 0.717) is 0 Å². The van der Waals surface area contributed by atoms with Gasteiger partial charge in [-0.3, -0.25) is 0 Å². The summed E-state index contributed by atoms with van der Waals surface area (Å²) in [6.07, 6.45) is 11.8. The van der Waals surface area contributed by atoms with Crippen molar-refractivity contribution in [3.8, 4) is 0 Å². The van der Waals surface area contributed by atoms with Crippen molar-refractivity contribution >= 4 is 11.6 Å². The number of aromatic nitrogens is 2. The monoisotopic (exact) mass is 277 g/mol. The average molecular weight is 277 g/mol. The number of anilines is 2. The molecule has 0 atom stereocenters. The molecule has 5 heteroatoms. The van der Waals surface area contributed by atoms with Gasteiger partial charge in [0.05, 0.1) is 0 Å². The van der Waals surface area contributed by atoms with Crippen molar-refractivity contribution in [2.45, 2.75) is 58.3 Å². The summed E-state index contributed by atoms with van der Waals surface area (Å²) in [6.45, 7) is 3.14. The third-order valence-electron chi connectivity index (χ3n) is 4.15. The van der Waals surface area contributed by atoms with E-state index >= 15 is 0 Å². The third kappa shape index (κ3) is 4.07. The van der Waals surface area contributed by atoms with Gasteiger partial charge in [-0.05, 0) is 18.8 Å². The van der Waals surface area contributed by atoms with Gasteiger partial charge in [-0.25, -0.2) is 15.8 Å². The topological polar surface area (TPSA) is 75.9 Å². The Morgan fingerprint density at radius 2 is 1.95 bits per heavy atom. The number of hydrogen-bond donors (Lipinski definition) is 3. The van der Waals surface area contributed by atoms with Gasteiger partial charge in [0.25, 0.3) is 0 Å². The van der Waals surface area contributed by atoms with E-state index in [9.17, 15) is 0 Å². The van der Waals surface area contributed by atoms with Crippen LogP contribution in [0.1, 0.15) is 57.4 Å². The van der Waals surface area contributed by atoms with Crippen LogP contribution in [0.3, 0.4) is 0 Å². The fraction of sp³-hybridized carbons (Fsp3) is 0.733. The molecular weight excluding hydrogens is 250 g/mol. The molecule has 1 aliphatic rings. The first-order valence-corrected chi connectivity index (χ1v) is 7.89. The van der Waals surface area contributed by atoms with E-state index in [-0.39, 0.29) is 0 Å². The first-order chi connectivity index (χ1) is 9.85. The molecule has 0 amide bonds. The van der Waals surface area contributed by atoms with Gasteiger partial charge in [0, 0.05) is 12.1 Å². The van der Waals surface area contributed by atoms with E-state index in [4.69, 9.17) is 5.84 Å². The van der Waals surface area contributed by atoms with Gasteiger partial charge in [-0.1, -0.05) is 45.4 Å². The molecule has 0 unspecified atom stereocenters. The second kappa shape index (κ2) is 8.04. The zero-order valence-corrected chi connectivity index (χ0v) is 12.5. The molecule has 5 nitrogen and oxygen atoms in total. The van der Waals surface area contributed by atoms with Gasteiger partial charge in [-0.2, -0.15) is 0 Å². The number of nitrogen functional groups attached to an aromatic ring is 1. The molecule has 1 saturated carbocycles. The van der Waals surface area contributed by atoms with Crippen LogP contribution < -0.4 is 16.6 Å². The van der Waals surface area contributed by atoms with Gasteiger partial charge in [-0.15, -0.1) is 0 Å². The van der Waals surface area contributed by atoms with Gasteiger partial charge in [0.2, 0.25) is 0 Å². The van der Waals surface area contributed by atoms with Crippen LogP contribution in [0.15, 0.2) is 6.33 Å². The van der Waals surface area contributed by atoms with Crippen LogP contribution >= 0.6 is 0 Å². The van der Waals surface area contributed by atoms with E-state index in [1.807, 2.05) is 0 Å². The number of hydrazine groups is 1. The van der Waals surface area contributed by atoms with Crippen molar-refractivity contribution in [3.63, 3.8) is 0 Å². The number of hydrogen-bond acceptors (Lipinski definition) is 5. The van der Waals surface area contributed by atoms with Crippen molar-refractivity contribution in [1.82, 2.24) is 9.97 Å². The largest absolute Gasteiger partial charge is 0.370 e. The lowest BCUT2D eigenvalue weighted by molar-refractivity contribution is 0.345. The molecule has 0 bridgehead atoms. The maximum absolute atomic E-state index is 5.53. The molecule has 4 N–H and O–H groups in total. The molecule has 112 valence electrons. The average Bonchev–Trinajstić information content (AvgIpc) is 2.50. The summed E-state index contributed by atoms with van der Waals surface area (Å²) in [5.41, 5.74) is 3.77.